The molecule has 0 aliphatic carbocycles. The summed E-state index contributed by atoms with van der Waals surface area (Å²) in [6.07, 6.45) is 0. The van der Waals surface area contributed by atoms with Crippen LogP contribution in [-0.4, -0.2) is 15.9 Å². The molecule has 0 saturated heterocycles. The van der Waals surface area contributed by atoms with E-state index in [4.69, 9.17) is 20.8 Å². The highest BCUT2D eigenvalue weighted by Crippen LogP contribution is 2.28. The molecule has 0 saturated carbocycles. The Morgan fingerprint density at radius 3 is 2.63 bits per heavy atom. The molecular weight excluding hydrogens is 376 g/mol. The molecule has 3 aromatic rings. The van der Waals surface area contributed by atoms with Crippen LogP contribution in [0.1, 0.15) is 16.3 Å². The van der Waals surface area contributed by atoms with Crippen LogP contribution in [0, 0.1) is 10.1 Å². The highest BCUT2D eigenvalue weighted by atomic mass is 35.5. The van der Waals surface area contributed by atoms with Crippen LogP contribution in [-0.2, 0) is 6.61 Å². The molecular formula is C18H13ClN2O6. The molecule has 1 heterocycles. The van der Waals surface area contributed by atoms with Crippen LogP contribution < -0.4 is 10.1 Å². The number of hydrogen-bond acceptors (Lipinski definition) is 6. The Balaban J connectivity index is 1.65. The minimum absolute atomic E-state index is 0.0318. The maximum absolute atomic E-state index is 12.2. The van der Waals surface area contributed by atoms with Gasteiger partial charge in [0.15, 0.2) is 5.76 Å². The molecule has 138 valence electrons. The first-order valence-electron chi connectivity index (χ1n) is 7.68. The van der Waals surface area contributed by atoms with E-state index in [2.05, 4.69) is 5.32 Å². The molecule has 0 radical (unpaired) electrons. The van der Waals surface area contributed by atoms with Crippen LogP contribution in [0.5, 0.6) is 11.5 Å². The van der Waals surface area contributed by atoms with Gasteiger partial charge in [0, 0.05) is 17.2 Å². The molecule has 0 spiro atoms. The minimum Gasteiger partial charge on any atom is -0.506 e. The van der Waals surface area contributed by atoms with Crippen molar-refractivity contribution >= 4 is 28.9 Å². The molecule has 27 heavy (non-hydrogen) atoms. The predicted octanol–water partition coefficient (Wildman–Crippen LogP) is 4.38. The standard InChI is InChI=1S/C18H13ClN2O6/c19-11-1-4-13(5-2-11)26-10-14-6-8-17(27-14)18(23)20-15-9-12(21(24)25)3-7-16(15)22/h1-9,22H,10H2,(H,20,23). The fraction of sp³-hybridized carbons (Fsp3) is 0.0556. The molecule has 9 heteroatoms. The van der Waals surface area contributed by atoms with Gasteiger partial charge in [0.05, 0.1) is 10.6 Å². The van der Waals surface area contributed by atoms with Gasteiger partial charge in [0.2, 0.25) is 0 Å². The van der Waals surface area contributed by atoms with Gasteiger partial charge in [-0.3, -0.25) is 14.9 Å². The Bertz CT molecular complexity index is 984. The third kappa shape index (κ3) is 4.56. The van der Waals surface area contributed by atoms with E-state index in [1.807, 2.05) is 0 Å². The lowest BCUT2D eigenvalue weighted by Gasteiger charge is -2.06. The number of rotatable bonds is 6. The summed E-state index contributed by atoms with van der Waals surface area (Å²) in [7, 11) is 0. The first-order valence-corrected chi connectivity index (χ1v) is 8.06. The lowest BCUT2D eigenvalue weighted by Crippen LogP contribution is -2.11. The quantitative estimate of drug-likeness (QED) is 0.368. The summed E-state index contributed by atoms with van der Waals surface area (Å²) in [6, 6.07) is 13.1. The summed E-state index contributed by atoms with van der Waals surface area (Å²) in [4.78, 5) is 22.4. The smallest absolute Gasteiger partial charge is 0.291 e. The zero-order valence-electron chi connectivity index (χ0n) is 13.7. The lowest BCUT2D eigenvalue weighted by molar-refractivity contribution is -0.384. The number of ether oxygens (including phenoxy) is 1. The molecule has 2 N–H and O–H groups in total. The van der Waals surface area contributed by atoms with Gasteiger partial charge in [-0.1, -0.05) is 11.6 Å². The van der Waals surface area contributed by atoms with Crippen molar-refractivity contribution in [2.24, 2.45) is 0 Å². The topological polar surface area (TPSA) is 115 Å². The minimum atomic E-state index is -0.663. The third-order valence-corrected chi connectivity index (χ3v) is 3.77. The van der Waals surface area contributed by atoms with Crippen LogP contribution in [0.15, 0.2) is 59.0 Å². The average Bonchev–Trinajstić information content (AvgIpc) is 3.12. The number of non-ortho nitro benzene ring substituents is 1. The molecule has 0 aliphatic heterocycles. The van der Waals surface area contributed by atoms with Gasteiger partial charge in [-0.05, 0) is 42.5 Å². The maximum atomic E-state index is 12.2. The Hall–Kier alpha value is -3.52. The van der Waals surface area contributed by atoms with Gasteiger partial charge >= 0.3 is 0 Å². The summed E-state index contributed by atoms with van der Waals surface area (Å²) < 4.78 is 10.9. The van der Waals surface area contributed by atoms with Gasteiger partial charge in [0.25, 0.3) is 11.6 Å². The first-order chi connectivity index (χ1) is 12.9. The Morgan fingerprint density at radius 1 is 1.19 bits per heavy atom. The zero-order valence-corrected chi connectivity index (χ0v) is 14.5. The van der Waals surface area contributed by atoms with Crippen LogP contribution in [0.4, 0.5) is 11.4 Å². The molecule has 8 nitrogen and oxygen atoms in total. The number of aromatic hydroxyl groups is 1. The second-order valence-corrected chi connectivity index (χ2v) is 5.86. The first kappa shape index (κ1) is 18.3. The number of nitro benzene ring substituents is 1. The largest absolute Gasteiger partial charge is 0.506 e. The van der Waals surface area contributed by atoms with Crippen molar-refractivity contribution in [2.75, 3.05) is 5.32 Å². The number of nitro groups is 1. The Labute approximate surface area is 158 Å². The molecule has 0 fully saturated rings. The number of hydrogen-bond donors (Lipinski definition) is 2. The van der Waals surface area contributed by atoms with Crippen molar-refractivity contribution in [1.29, 1.82) is 0 Å². The van der Waals surface area contributed by atoms with Crippen molar-refractivity contribution in [1.82, 2.24) is 0 Å². The highest BCUT2D eigenvalue weighted by molar-refractivity contribution is 6.30. The molecule has 0 bridgehead atoms. The number of anilines is 1. The molecule has 2 aromatic carbocycles. The zero-order chi connectivity index (χ0) is 19.4. The van der Waals surface area contributed by atoms with Crippen LogP contribution in [0.3, 0.4) is 0 Å². The summed E-state index contributed by atoms with van der Waals surface area (Å²) in [5.41, 5.74) is -0.357. The number of halogens is 1. The SMILES string of the molecule is O=C(Nc1cc([N+](=O)[O-])ccc1O)c1ccc(COc2ccc(Cl)cc2)o1. The fourth-order valence-electron chi connectivity index (χ4n) is 2.18. The molecule has 0 atom stereocenters. The van der Waals surface area contributed by atoms with E-state index in [1.54, 1.807) is 30.3 Å². The van der Waals surface area contributed by atoms with Gasteiger partial charge < -0.3 is 19.6 Å². The second kappa shape index (κ2) is 7.79. The summed E-state index contributed by atoms with van der Waals surface area (Å²) in [5.74, 6) is -0.00682. The van der Waals surface area contributed by atoms with Gasteiger partial charge in [-0.2, -0.15) is 0 Å². The van der Waals surface area contributed by atoms with Gasteiger partial charge in [0.1, 0.15) is 23.9 Å². The van der Waals surface area contributed by atoms with E-state index < -0.39 is 10.8 Å². The Morgan fingerprint density at radius 2 is 1.93 bits per heavy atom. The highest BCUT2D eigenvalue weighted by Gasteiger charge is 2.16. The van der Waals surface area contributed by atoms with E-state index in [-0.39, 0.29) is 29.5 Å². The predicted molar refractivity (Wildman–Crippen MR) is 97.2 cm³/mol. The normalized spacial score (nSPS) is 10.4. The lowest BCUT2D eigenvalue weighted by atomic mass is 10.2. The fourth-order valence-corrected chi connectivity index (χ4v) is 2.31. The average molecular weight is 389 g/mol. The monoisotopic (exact) mass is 388 g/mol. The van der Waals surface area contributed by atoms with Crippen LogP contribution in [0.25, 0.3) is 0 Å². The van der Waals surface area contributed by atoms with Gasteiger partial charge in [-0.25, -0.2) is 0 Å². The maximum Gasteiger partial charge on any atom is 0.291 e. The number of phenols is 1. The van der Waals surface area contributed by atoms with Crippen LogP contribution in [0.2, 0.25) is 5.02 Å². The van der Waals surface area contributed by atoms with E-state index in [0.29, 0.717) is 16.5 Å². The molecule has 3 rings (SSSR count). The van der Waals surface area contributed by atoms with Crippen molar-refractivity contribution < 1.29 is 24.0 Å². The van der Waals surface area contributed by atoms with E-state index in [0.717, 1.165) is 18.2 Å². The molecule has 1 amide bonds. The van der Waals surface area contributed by atoms with Crippen molar-refractivity contribution in [3.8, 4) is 11.5 Å². The number of carbonyl (C=O) groups is 1. The molecule has 0 aliphatic rings. The summed E-state index contributed by atoms with van der Waals surface area (Å²) >= 11 is 5.80. The number of phenolic OH excluding ortho intramolecular Hbond substituents is 1. The number of furan rings is 1. The van der Waals surface area contributed by atoms with E-state index in [1.165, 1.54) is 6.07 Å². The van der Waals surface area contributed by atoms with E-state index in [9.17, 15) is 20.0 Å². The summed E-state index contributed by atoms with van der Waals surface area (Å²) in [5, 5.41) is 23.5. The number of carbonyl (C=O) groups excluding carboxylic acids is 1. The molecule has 0 unspecified atom stereocenters. The number of benzene rings is 2. The second-order valence-electron chi connectivity index (χ2n) is 5.42. The van der Waals surface area contributed by atoms with Gasteiger partial charge in [-0.15, -0.1) is 0 Å². The number of amides is 1. The van der Waals surface area contributed by atoms with Crippen molar-refractivity contribution in [3.63, 3.8) is 0 Å². The van der Waals surface area contributed by atoms with Crippen molar-refractivity contribution in [2.45, 2.75) is 6.61 Å². The Kier molecular flexibility index (Phi) is 5.28. The summed E-state index contributed by atoms with van der Waals surface area (Å²) in [6.45, 7) is 0.0942. The van der Waals surface area contributed by atoms with Crippen LogP contribution >= 0.6 is 11.6 Å². The molecule has 1 aromatic heterocycles. The van der Waals surface area contributed by atoms with Crippen molar-refractivity contribution in [3.05, 3.63) is 81.3 Å². The third-order valence-electron chi connectivity index (χ3n) is 3.52. The van der Waals surface area contributed by atoms with E-state index >= 15 is 0 Å². The number of nitrogens with one attached hydrogen (secondary N) is 1. The number of nitrogens with zero attached hydrogens (tertiary/aromatic N) is 1.